The predicted molar refractivity (Wildman–Crippen MR) is 132 cm³/mol. The Kier molecular flexibility index (Phi) is 7.96. The number of methoxy groups -OCH3 is 1. The molecule has 7 heteroatoms. The van der Waals surface area contributed by atoms with E-state index in [1.165, 1.54) is 11.8 Å². The number of carbonyl (C=O) groups is 1. The van der Waals surface area contributed by atoms with Crippen molar-refractivity contribution >= 4 is 23.4 Å². The molecular formula is C25H32N4O2S. The van der Waals surface area contributed by atoms with Gasteiger partial charge < -0.3 is 14.6 Å². The van der Waals surface area contributed by atoms with Crippen molar-refractivity contribution in [2.24, 2.45) is 0 Å². The summed E-state index contributed by atoms with van der Waals surface area (Å²) in [4.78, 5) is 12.9. The molecule has 0 saturated heterocycles. The van der Waals surface area contributed by atoms with E-state index in [1.54, 1.807) is 7.11 Å². The molecule has 0 aliphatic heterocycles. The zero-order valence-electron chi connectivity index (χ0n) is 19.7. The fraction of sp³-hybridized carbons (Fsp3) is 0.400. The van der Waals surface area contributed by atoms with E-state index < -0.39 is 0 Å². The zero-order chi connectivity index (χ0) is 23.3. The number of anilines is 1. The summed E-state index contributed by atoms with van der Waals surface area (Å²) in [6.45, 7) is 11.3. The quantitative estimate of drug-likeness (QED) is 0.406. The van der Waals surface area contributed by atoms with Crippen molar-refractivity contribution in [3.63, 3.8) is 0 Å². The lowest BCUT2D eigenvalue weighted by Gasteiger charge is -2.20. The van der Waals surface area contributed by atoms with Gasteiger partial charge in [0.05, 0.1) is 18.4 Å². The SMILES string of the molecule is CCn1c(SCC(=O)Nc2c(C(C)C)cccc2C(C)C)nnc1-c1ccccc1OC. The van der Waals surface area contributed by atoms with Gasteiger partial charge in [-0.3, -0.25) is 4.79 Å². The molecule has 0 radical (unpaired) electrons. The first-order valence-corrected chi connectivity index (χ1v) is 12.0. The molecule has 0 aliphatic carbocycles. The van der Waals surface area contributed by atoms with Crippen LogP contribution >= 0.6 is 11.8 Å². The van der Waals surface area contributed by atoms with Gasteiger partial charge in [-0.05, 0) is 42.0 Å². The van der Waals surface area contributed by atoms with E-state index in [1.807, 2.05) is 35.8 Å². The Bertz CT molecular complexity index is 1050. The van der Waals surface area contributed by atoms with Crippen LogP contribution < -0.4 is 10.1 Å². The molecule has 0 fully saturated rings. The van der Waals surface area contributed by atoms with Crippen LogP contribution in [0.2, 0.25) is 0 Å². The summed E-state index contributed by atoms with van der Waals surface area (Å²) in [7, 11) is 1.64. The van der Waals surface area contributed by atoms with E-state index >= 15 is 0 Å². The first-order chi connectivity index (χ1) is 15.4. The Morgan fingerprint density at radius 3 is 2.28 bits per heavy atom. The van der Waals surface area contributed by atoms with Gasteiger partial charge in [0.25, 0.3) is 0 Å². The summed E-state index contributed by atoms with van der Waals surface area (Å²) in [5, 5.41) is 12.6. The molecule has 0 bridgehead atoms. The molecule has 1 heterocycles. The van der Waals surface area contributed by atoms with Gasteiger partial charge in [-0.25, -0.2) is 0 Å². The van der Waals surface area contributed by atoms with E-state index in [0.717, 1.165) is 34.0 Å². The average molecular weight is 453 g/mol. The van der Waals surface area contributed by atoms with Crippen LogP contribution in [-0.2, 0) is 11.3 Å². The minimum Gasteiger partial charge on any atom is -0.496 e. The standard InChI is InChI=1S/C25H32N4O2S/c1-7-29-24(20-11-8-9-14-21(20)31-6)27-28-25(29)32-15-22(30)26-23-18(16(2)3)12-10-13-19(23)17(4)5/h8-14,16-17H,7,15H2,1-6H3,(H,26,30). The van der Waals surface area contributed by atoms with Gasteiger partial charge in [0.2, 0.25) is 5.91 Å². The Morgan fingerprint density at radius 1 is 1.03 bits per heavy atom. The average Bonchev–Trinajstić information content (AvgIpc) is 3.20. The molecule has 3 aromatic rings. The second-order valence-corrected chi connectivity index (χ2v) is 9.15. The topological polar surface area (TPSA) is 69.0 Å². The molecule has 0 saturated carbocycles. The predicted octanol–water partition coefficient (Wildman–Crippen LogP) is 5.95. The minimum absolute atomic E-state index is 0.0468. The van der Waals surface area contributed by atoms with Gasteiger partial charge in [-0.15, -0.1) is 10.2 Å². The highest BCUT2D eigenvalue weighted by Gasteiger charge is 2.19. The van der Waals surface area contributed by atoms with E-state index in [-0.39, 0.29) is 11.7 Å². The lowest BCUT2D eigenvalue weighted by Crippen LogP contribution is -2.18. The number of hydrogen-bond acceptors (Lipinski definition) is 5. The number of nitrogens with zero attached hydrogens (tertiary/aromatic N) is 3. The maximum Gasteiger partial charge on any atom is 0.234 e. The van der Waals surface area contributed by atoms with Crippen LogP contribution in [0.25, 0.3) is 11.4 Å². The highest BCUT2D eigenvalue weighted by molar-refractivity contribution is 7.99. The van der Waals surface area contributed by atoms with E-state index in [2.05, 4.69) is 61.4 Å². The Hall–Kier alpha value is -2.80. The minimum atomic E-state index is -0.0468. The molecule has 0 atom stereocenters. The maximum atomic E-state index is 12.9. The van der Waals surface area contributed by atoms with Crippen molar-refractivity contribution in [2.75, 3.05) is 18.2 Å². The fourth-order valence-corrected chi connectivity index (χ4v) is 4.51. The Morgan fingerprint density at radius 2 is 1.69 bits per heavy atom. The third kappa shape index (κ3) is 5.15. The van der Waals surface area contributed by atoms with E-state index in [0.29, 0.717) is 23.5 Å². The summed E-state index contributed by atoms with van der Waals surface area (Å²) >= 11 is 1.39. The number of benzene rings is 2. The summed E-state index contributed by atoms with van der Waals surface area (Å²) < 4.78 is 7.49. The Labute approximate surface area is 194 Å². The first-order valence-electron chi connectivity index (χ1n) is 11.0. The first kappa shape index (κ1) is 23.9. The van der Waals surface area contributed by atoms with Crippen molar-refractivity contribution < 1.29 is 9.53 Å². The van der Waals surface area contributed by atoms with Crippen LogP contribution in [0.15, 0.2) is 47.6 Å². The van der Waals surface area contributed by atoms with Gasteiger partial charge in [-0.2, -0.15) is 0 Å². The molecule has 0 spiro atoms. The molecule has 0 aliphatic rings. The van der Waals surface area contributed by atoms with Crippen LogP contribution in [0.5, 0.6) is 5.75 Å². The van der Waals surface area contributed by atoms with Crippen LogP contribution in [0.4, 0.5) is 5.69 Å². The monoisotopic (exact) mass is 452 g/mol. The van der Waals surface area contributed by atoms with Crippen LogP contribution in [-0.4, -0.2) is 33.5 Å². The second kappa shape index (κ2) is 10.7. The molecule has 0 unspecified atom stereocenters. The molecule has 170 valence electrons. The van der Waals surface area contributed by atoms with E-state index in [4.69, 9.17) is 4.74 Å². The highest BCUT2D eigenvalue weighted by Crippen LogP contribution is 2.33. The van der Waals surface area contributed by atoms with Gasteiger partial charge >= 0.3 is 0 Å². The van der Waals surface area contributed by atoms with Crippen LogP contribution in [0, 0.1) is 0 Å². The number of nitrogens with one attached hydrogen (secondary N) is 1. The summed E-state index contributed by atoms with van der Waals surface area (Å²) in [6, 6.07) is 14.0. The molecule has 1 amide bonds. The van der Waals surface area contributed by atoms with Crippen molar-refractivity contribution in [3.8, 4) is 17.1 Å². The Balaban J connectivity index is 1.79. The number of carbonyl (C=O) groups excluding carboxylic acids is 1. The molecule has 32 heavy (non-hydrogen) atoms. The molecular weight excluding hydrogens is 420 g/mol. The van der Waals surface area contributed by atoms with Gasteiger partial charge in [0.15, 0.2) is 11.0 Å². The highest BCUT2D eigenvalue weighted by atomic mass is 32.2. The van der Waals surface area contributed by atoms with Crippen LogP contribution in [0.3, 0.4) is 0 Å². The van der Waals surface area contributed by atoms with Crippen molar-refractivity contribution in [2.45, 2.75) is 58.2 Å². The number of amides is 1. The number of thioether (sulfide) groups is 1. The number of ether oxygens (including phenoxy) is 1. The van der Waals surface area contributed by atoms with Gasteiger partial charge in [-0.1, -0.05) is 69.8 Å². The number of hydrogen-bond donors (Lipinski definition) is 1. The molecule has 2 aromatic carbocycles. The zero-order valence-corrected chi connectivity index (χ0v) is 20.5. The summed E-state index contributed by atoms with van der Waals surface area (Å²) in [5.74, 6) is 2.34. The van der Waals surface area contributed by atoms with Gasteiger partial charge in [0, 0.05) is 12.2 Å². The van der Waals surface area contributed by atoms with E-state index in [9.17, 15) is 4.79 Å². The normalized spacial score (nSPS) is 11.2. The lowest BCUT2D eigenvalue weighted by atomic mass is 9.92. The lowest BCUT2D eigenvalue weighted by molar-refractivity contribution is -0.113. The molecule has 3 rings (SSSR count). The van der Waals surface area contributed by atoms with Crippen molar-refractivity contribution in [1.82, 2.24) is 14.8 Å². The second-order valence-electron chi connectivity index (χ2n) is 8.21. The number of para-hydroxylation sites is 2. The smallest absolute Gasteiger partial charge is 0.234 e. The molecule has 1 N–H and O–H groups in total. The fourth-order valence-electron chi connectivity index (χ4n) is 3.71. The van der Waals surface area contributed by atoms with Gasteiger partial charge in [0.1, 0.15) is 5.75 Å². The third-order valence-electron chi connectivity index (χ3n) is 5.35. The van der Waals surface area contributed by atoms with Crippen molar-refractivity contribution in [3.05, 3.63) is 53.6 Å². The molecule has 6 nitrogen and oxygen atoms in total. The van der Waals surface area contributed by atoms with Crippen LogP contribution in [0.1, 0.15) is 57.6 Å². The largest absolute Gasteiger partial charge is 0.496 e. The summed E-state index contributed by atoms with van der Waals surface area (Å²) in [5.41, 5.74) is 4.14. The maximum absolute atomic E-state index is 12.9. The number of aromatic nitrogens is 3. The number of rotatable bonds is 9. The third-order valence-corrected chi connectivity index (χ3v) is 6.32. The van der Waals surface area contributed by atoms with Crippen molar-refractivity contribution in [1.29, 1.82) is 0 Å². The summed E-state index contributed by atoms with van der Waals surface area (Å²) in [6.07, 6.45) is 0. The molecule has 1 aromatic heterocycles.